The zero-order valence-electron chi connectivity index (χ0n) is 20.8. The summed E-state index contributed by atoms with van der Waals surface area (Å²) in [4.78, 5) is -0.540. The number of halogens is 1. The number of aryl methyl sites for hydroxylation is 2. The molecule has 0 saturated heterocycles. The van der Waals surface area contributed by atoms with Crippen LogP contribution in [0.25, 0.3) is 0 Å². The van der Waals surface area contributed by atoms with E-state index in [4.69, 9.17) is 11.6 Å². The van der Waals surface area contributed by atoms with Crippen molar-refractivity contribution in [1.29, 1.82) is 5.26 Å². The van der Waals surface area contributed by atoms with Crippen LogP contribution in [0.1, 0.15) is 68.1 Å². The quantitative estimate of drug-likeness (QED) is 0.249. The Hall–Kier alpha value is -2.56. The number of nitriles is 1. The second kappa shape index (κ2) is 12.4. The first-order valence-corrected chi connectivity index (χ1v) is 13.7. The van der Waals surface area contributed by atoms with Gasteiger partial charge in [-0.05, 0) is 74.0 Å². The standard InChI is InChI=1S/C33H38ClN/c34-33(31-21-11-4-12-22-31,24-13-20-28-14-5-1-6-15-28)32(27-35,26-30-18-9-3-10-19-30)25-23-29-16-7-2-8-17-29/h1-3,5-10,14-19,31H,4,11-13,20-26H2. The number of nitrogens with zero attached hydrogens (tertiary/aromatic N) is 1. The third kappa shape index (κ3) is 6.36. The number of hydrogen-bond acceptors (Lipinski definition) is 1. The van der Waals surface area contributed by atoms with Crippen LogP contribution in [0.15, 0.2) is 91.0 Å². The summed E-state index contributed by atoms with van der Waals surface area (Å²) in [6.45, 7) is 0. The van der Waals surface area contributed by atoms with Crippen molar-refractivity contribution < 1.29 is 0 Å². The highest BCUT2D eigenvalue weighted by Gasteiger charge is 2.54. The van der Waals surface area contributed by atoms with Gasteiger partial charge in [0.1, 0.15) is 0 Å². The van der Waals surface area contributed by atoms with Gasteiger partial charge in [-0.1, -0.05) is 110 Å². The lowest BCUT2D eigenvalue weighted by molar-refractivity contribution is 0.131. The molecule has 0 aromatic heterocycles. The zero-order valence-corrected chi connectivity index (χ0v) is 21.6. The molecule has 0 spiro atoms. The van der Waals surface area contributed by atoms with Gasteiger partial charge in [0, 0.05) is 0 Å². The van der Waals surface area contributed by atoms with Crippen LogP contribution in [0.3, 0.4) is 0 Å². The van der Waals surface area contributed by atoms with Crippen LogP contribution in [0.2, 0.25) is 0 Å². The second-order valence-electron chi connectivity index (χ2n) is 10.4. The van der Waals surface area contributed by atoms with Gasteiger partial charge in [0.15, 0.2) is 0 Å². The third-order valence-electron chi connectivity index (χ3n) is 8.14. The average molecular weight is 484 g/mol. The lowest BCUT2D eigenvalue weighted by Gasteiger charge is -2.49. The van der Waals surface area contributed by atoms with Gasteiger partial charge in [-0.15, -0.1) is 11.6 Å². The van der Waals surface area contributed by atoms with Crippen molar-refractivity contribution in [2.45, 2.75) is 75.5 Å². The van der Waals surface area contributed by atoms with Crippen molar-refractivity contribution in [2.75, 3.05) is 0 Å². The Balaban J connectivity index is 1.67. The molecule has 0 radical (unpaired) electrons. The molecule has 1 fully saturated rings. The van der Waals surface area contributed by atoms with E-state index in [2.05, 4.69) is 97.1 Å². The maximum absolute atomic E-state index is 11.0. The summed E-state index contributed by atoms with van der Waals surface area (Å²) in [5.41, 5.74) is 3.23. The normalized spacial score (nSPS) is 17.7. The summed E-state index contributed by atoms with van der Waals surface area (Å²) < 4.78 is 0. The summed E-state index contributed by atoms with van der Waals surface area (Å²) >= 11 is 7.90. The highest BCUT2D eigenvalue weighted by atomic mass is 35.5. The third-order valence-corrected chi connectivity index (χ3v) is 9.00. The molecule has 35 heavy (non-hydrogen) atoms. The maximum Gasteiger partial charge on any atom is 0.0811 e. The highest BCUT2D eigenvalue weighted by Crippen LogP contribution is 2.54. The lowest BCUT2D eigenvalue weighted by Crippen LogP contribution is -2.51. The first-order chi connectivity index (χ1) is 17.2. The molecular weight excluding hydrogens is 446 g/mol. The fourth-order valence-corrected chi connectivity index (χ4v) is 6.72. The fraction of sp³-hybridized carbons (Fsp3) is 0.424. The van der Waals surface area contributed by atoms with Crippen LogP contribution < -0.4 is 0 Å². The Kier molecular flexibility index (Phi) is 9.06. The van der Waals surface area contributed by atoms with E-state index in [0.29, 0.717) is 12.3 Å². The van der Waals surface area contributed by atoms with E-state index < -0.39 is 10.3 Å². The number of alkyl halides is 1. The molecule has 0 heterocycles. The molecule has 3 aromatic rings. The first kappa shape index (κ1) is 25.5. The van der Waals surface area contributed by atoms with Gasteiger partial charge in [0.05, 0.1) is 16.4 Å². The maximum atomic E-state index is 11.0. The van der Waals surface area contributed by atoms with E-state index in [1.807, 2.05) is 0 Å². The minimum Gasteiger partial charge on any atom is -0.198 e. The molecule has 1 aliphatic carbocycles. The Morgan fingerprint density at radius 3 is 1.74 bits per heavy atom. The Bertz CT molecular complexity index is 1050. The van der Waals surface area contributed by atoms with E-state index in [0.717, 1.165) is 44.9 Å². The molecule has 1 nitrogen and oxygen atoms in total. The monoisotopic (exact) mass is 483 g/mol. The molecule has 3 aromatic carbocycles. The van der Waals surface area contributed by atoms with Crippen LogP contribution in [-0.4, -0.2) is 4.87 Å². The molecule has 0 aliphatic heterocycles. The van der Waals surface area contributed by atoms with Gasteiger partial charge >= 0.3 is 0 Å². The average Bonchev–Trinajstić information content (AvgIpc) is 2.93. The van der Waals surface area contributed by atoms with E-state index in [-0.39, 0.29) is 0 Å². The minimum atomic E-state index is -0.621. The van der Waals surface area contributed by atoms with Crippen molar-refractivity contribution in [3.63, 3.8) is 0 Å². The SMILES string of the molecule is N#CC(CCc1ccccc1)(Cc1ccccc1)C(Cl)(CCCc1ccccc1)C1CCCCC1. The van der Waals surface area contributed by atoms with Crippen molar-refractivity contribution >= 4 is 11.6 Å². The van der Waals surface area contributed by atoms with Crippen LogP contribution in [0.5, 0.6) is 0 Å². The van der Waals surface area contributed by atoms with Gasteiger partial charge in [-0.25, -0.2) is 0 Å². The minimum absolute atomic E-state index is 0.382. The molecule has 4 rings (SSSR count). The van der Waals surface area contributed by atoms with Crippen molar-refractivity contribution in [3.05, 3.63) is 108 Å². The van der Waals surface area contributed by atoms with Crippen molar-refractivity contribution in [1.82, 2.24) is 0 Å². The molecule has 1 aliphatic rings. The van der Waals surface area contributed by atoms with Gasteiger partial charge < -0.3 is 0 Å². The fourth-order valence-electron chi connectivity index (χ4n) is 6.17. The Labute approximate surface area is 217 Å². The predicted octanol–water partition coefficient (Wildman–Crippen LogP) is 8.95. The van der Waals surface area contributed by atoms with E-state index in [9.17, 15) is 5.26 Å². The molecule has 2 unspecified atom stereocenters. The number of benzene rings is 3. The summed E-state index contributed by atoms with van der Waals surface area (Å²) in [5, 5.41) is 11.0. The smallest absolute Gasteiger partial charge is 0.0811 e. The van der Waals surface area contributed by atoms with E-state index in [1.165, 1.54) is 36.0 Å². The van der Waals surface area contributed by atoms with Gasteiger partial charge in [0.25, 0.3) is 0 Å². The molecule has 182 valence electrons. The Morgan fingerprint density at radius 2 is 1.20 bits per heavy atom. The number of rotatable bonds is 11. The van der Waals surface area contributed by atoms with Crippen LogP contribution >= 0.6 is 11.6 Å². The van der Waals surface area contributed by atoms with E-state index in [1.54, 1.807) is 0 Å². The van der Waals surface area contributed by atoms with Crippen molar-refractivity contribution in [3.8, 4) is 6.07 Å². The van der Waals surface area contributed by atoms with Crippen LogP contribution in [0.4, 0.5) is 0 Å². The molecule has 1 saturated carbocycles. The van der Waals surface area contributed by atoms with E-state index >= 15 is 0 Å². The molecular formula is C33H38ClN. The second-order valence-corrected chi connectivity index (χ2v) is 11.1. The number of hydrogen-bond donors (Lipinski definition) is 0. The van der Waals surface area contributed by atoms with Gasteiger partial charge in [-0.2, -0.15) is 5.26 Å². The molecule has 2 atom stereocenters. The van der Waals surface area contributed by atoms with Crippen LogP contribution in [-0.2, 0) is 19.3 Å². The predicted molar refractivity (Wildman–Crippen MR) is 147 cm³/mol. The molecule has 0 N–H and O–H groups in total. The summed E-state index contributed by atoms with van der Waals surface area (Å²) in [5.74, 6) is 0.382. The van der Waals surface area contributed by atoms with Gasteiger partial charge in [0.2, 0.25) is 0 Å². The highest BCUT2D eigenvalue weighted by molar-refractivity contribution is 6.25. The van der Waals surface area contributed by atoms with Crippen molar-refractivity contribution in [2.24, 2.45) is 11.3 Å². The van der Waals surface area contributed by atoms with Gasteiger partial charge in [-0.3, -0.25) is 0 Å². The molecule has 0 amide bonds. The zero-order chi connectivity index (χ0) is 24.4. The summed E-state index contributed by atoms with van der Waals surface area (Å²) in [6, 6.07) is 34.7. The largest absolute Gasteiger partial charge is 0.198 e. The van der Waals surface area contributed by atoms with Crippen LogP contribution in [0, 0.1) is 22.7 Å². The topological polar surface area (TPSA) is 23.8 Å². The Morgan fingerprint density at radius 1 is 0.686 bits per heavy atom. The molecule has 2 heteroatoms. The summed E-state index contributed by atoms with van der Waals surface area (Å²) in [6.07, 6.45) is 11.3. The summed E-state index contributed by atoms with van der Waals surface area (Å²) in [7, 11) is 0. The molecule has 0 bridgehead atoms. The lowest BCUT2D eigenvalue weighted by atomic mass is 9.59. The first-order valence-electron chi connectivity index (χ1n) is 13.4.